The number of unbranched alkanes of at least 4 members (excludes halogenated alkanes) is 1. The fraction of sp³-hybridized carbons (Fsp3) is 0.692. The van der Waals surface area contributed by atoms with Crippen molar-refractivity contribution in [3.05, 3.63) is 6.33 Å². The molecule has 1 amide bonds. The van der Waals surface area contributed by atoms with Crippen molar-refractivity contribution in [3.8, 4) is 0 Å². The lowest BCUT2D eigenvalue weighted by Gasteiger charge is -2.13. The Morgan fingerprint density at radius 3 is 2.95 bits per heavy atom. The first-order chi connectivity index (χ1) is 10.1. The summed E-state index contributed by atoms with van der Waals surface area (Å²) in [7, 11) is 0. The van der Waals surface area contributed by atoms with Crippen LogP contribution in [-0.4, -0.2) is 43.5 Å². The molecule has 1 atom stereocenters. The van der Waals surface area contributed by atoms with Crippen molar-refractivity contribution in [2.45, 2.75) is 56.3 Å². The molecule has 1 aromatic heterocycles. The molecule has 7 nitrogen and oxygen atoms in total. The highest BCUT2D eigenvalue weighted by atomic mass is 32.2. The van der Waals surface area contributed by atoms with Crippen LogP contribution in [-0.2, 0) is 9.59 Å². The molecule has 116 valence electrons. The topological polar surface area (TPSA) is 97.1 Å². The molecular weight excluding hydrogens is 292 g/mol. The van der Waals surface area contributed by atoms with Crippen LogP contribution in [0.5, 0.6) is 0 Å². The Morgan fingerprint density at radius 1 is 1.57 bits per heavy atom. The number of hydrogen-bond acceptors (Lipinski definition) is 5. The van der Waals surface area contributed by atoms with E-state index in [1.54, 1.807) is 6.33 Å². The Balaban J connectivity index is 1.80. The first-order valence-corrected chi connectivity index (χ1v) is 8.14. The standard InChI is InChI=1S/C13H20N4O3S/c1-2-3-4-10(12(19)20)15-11(18)7-21-13-16-14-8-17(13)9-5-6-9/h8-10H,2-7H2,1H3,(H,15,18)(H,19,20). The number of carboxylic acids is 1. The van der Waals surface area contributed by atoms with Crippen LogP contribution in [0.2, 0.25) is 0 Å². The van der Waals surface area contributed by atoms with Gasteiger partial charge in [-0.25, -0.2) is 4.79 Å². The van der Waals surface area contributed by atoms with Crippen LogP contribution < -0.4 is 5.32 Å². The van der Waals surface area contributed by atoms with Gasteiger partial charge in [0.2, 0.25) is 5.91 Å². The summed E-state index contributed by atoms with van der Waals surface area (Å²) in [6.07, 6.45) is 6.06. The summed E-state index contributed by atoms with van der Waals surface area (Å²) < 4.78 is 1.98. The van der Waals surface area contributed by atoms with Gasteiger partial charge in [-0.1, -0.05) is 31.5 Å². The van der Waals surface area contributed by atoms with Crippen LogP contribution in [0, 0.1) is 0 Å². The van der Waals surface area contributed by atoms with E-state index in [4.69, 9.17) is 5.11 Å². The molecule has 1 heterocycles. The van der Waals surface area contributed by atoms with E-state index >= 15 is 0 Å². The van der Waals surface area contributed by atoms with Gasteiger partial charge in [0.05, 0.1) is 5.75 Å². The molecule has 1 aromatic rings. The monoisotopic (exact) mass is 312 g/mol. The average Bonchev–Trinajstić information content (AvgIpc) is 3.19. The molecule has 0 aliphatic heterocycles. The number of rotatable bonds is 9. The molecule has 1 aliphatic carbocycles. The zero-order valence-corrected chi connectivity index (χ0v) is 12.8. The van der Waals surface area contributed by atoms with Crippen LogP contribution >= 0.6 is 11.8 Å². The molecule has 1 saturated carbocycles. The second-order valence-electron chi connectivity index (χ2n) is 5.14. The number of aromatic nitrogens is 3. The van der Waals surface area contributed by atoms with Crippen molar-refractivity contribution < 1.29 is 14.7 Å². The van der Waals surface area contributed by atoms with E-state index in [0.717, 1.165) is 25.7 Å². The van der Waals surface area contributed by atoms with Gasteiger partial charge < -0.3 is 15.0 Å². The van der Waals surface area contributed by atoms with Gasteiger partial charge in [-0.2, -0.15) is 0 Å². The maximum absolute atomic E-state index is 11.9. The van der Waals surface area contributed by atoms with Crippen molar-refractivity contribution in [3.63, 3.8) is 0 Å². The summed E-state index contributed by atoms with van der Waals surface area (Å²) in [5.41, 5.74) is 0. The van der Waals surface area contributed by atoms with Crippen molar-refractivity contribution in [2.75, 3.05) is 5.75 Å². The Bertz CT molecular complexity index is 501. The van der Waals surface area contributed by atoms with Gasteiger partial charge >= 0.3 is 5.97 Å². The van der Waals surface area contributed by atoms with Gasteiger partial charge in [-0.15, -0.1) is 10.2 Å². The number of thioether (sulfide) groups is 1. The van der Waals surface area contributed by atoms with Gasteiger partial charge in [0.15, 0.2) is 5.16 Å². The molecule has 0 aromatic carbocycles. The molecule has 2 rings (SSSR count). The fourth-order valence-corrected chi connectivity index (χ4v) is 2.76. The molecule has 1 aliphatic rings. The number of nitrogens with one attached hydrogen (secondary N) is 1. The maximum Gasteiger partial charge on any atom is 0.326 e. The third-order valence-electron chi connectivity index (χ3n) is 3.29. The summed E-state index contributed by atoms with van der Waals surface area (Å²) in [6.45, 7) is 1.99. The average molecular weight is 312 g/mol. The van der Waals surface area contributed by atoms with E-state index < -0.39 is 12.0 Å². The number of carbonyl (C=O) groups is 2. The number of carbonyl (C=O) groups excluding carboxylic acids is 1. The second-order valence-corrected chi connectivity index (χ2v) is 6.08. The highest BCUT2D eigenvalue weighted by molar-refractivity contribution is 7.99. The van der Waals surface area contributed by atoms with Crippen LogP contribution in [0.1, 0.15) is 45.1 Å². The second kappa shape index (κ2) is 7.44. The van der Waals surface area contributed by atoms with Crippen LogP contribution in [0.25, 0.3) is 0 Å². The lowest BCUT2D eigenvalue weighted by Crippen LogP contribution is -2.41. The predicted molar refractivity (Wildman–Crippen MR) is 78.1 cm³/mol. The molecule has 1 unspecified atom stereocenters. The smallest absolute Gasteiger partial charge is 0.326 e. The van der Waals surface area contributed by atoms with E-state index in [0.29, 0.717) is 17.6 Å². The molecule has 0 bridgehead atoms. The number of carboxylic acid groups (broad SMARTS) is 1. The zero-order chi connectivity index (χ0) is 15.2. The van der Waals surface area contributed by atoms with Gasteiger partial charge in [0.25, 0.3) is 0 Å². The summed E-state index contributed by atoms with van der Waals surface area (Å²) in [5.74, 6) is -1.11. The molecule has 0 saturated heterocycles. The summed E-state index contributed by atoms with van der Waals surface area (Å²) in [4.78, 5) is 22.9. The van der Waals surface area contributed by atoms with Crippen LogP contribution in [0.3, 0.4) is 0 Å². The van der Waals surface area contributed by atoms with E-state index in [1.807, 2.05) is 11.5 Å². The molecule has 21 heavy (non-hydrogen) atoms. The fourth-order valence-electron chi connectivity index (χ4n) is 1.97. The molecular formula is C13H20N4O3S. The third kappa shape index (κ3) is 4.73. The molecule has 8 heteroatoms. The Morgan fingerprint density at radius 2 is 2.33 bits per heavy atom. The normalized spacial score (nSPS) is 15.7. The minimum Gasteiger partial charge on any atom is -0.480 e. The first kappa shape index (κ1) is 15.8. The summed E-state index contributed by atoms with van der Waals surface area (Å²) in [5, 5.41) is 20.2. The van der Waals surface area contributed by atoms with E-state index in [-0.39, 0.29) is 11.7 Å². The Hall–Kier alpha value is -1.57. The van der Waals surface area contributed by atoms with Crippen molar-refractivity contribution >= 4 is 23.6 Å². The van der Waals surface area contributed by atoms with E-state index in [2.05, 4.69) is 15.5 Å². The van der Waals surface area contributed by atoms with E-state index in [9.17, 15) is 9.59 Å². The Kier molecular flexibility index (Phi) is 5.60. The van der Waals surface area contributed by atoms with Gasteiger partial charge in [-0.05, 0) is 19.3 Å². The highest BCUT2D eigenvalue weighted by Crippen LogP contribution is 2.37. The van der Waals surface area contributed by atoms with Crippen molar-refractivity contribution in [2.24, 2.45) is 0 Å². The number of nitrogens with zero attached hydrogens (tertiary/aromatic N) is 3. The predicted octanol–water partition coefficient (Wildman–Crippen LogP) is 1.46. The SMILES string of the molecule is CCCCC(NC(=O)CSc1nncn1C1CC1)C(=O)O. The largest absolute Gasteiger partial charge is 0.480 e. The number of aliphatic carboxylic acids is 1. The third-order valence-corrected chi connectivity index (χ3v) is 4.25. The van der Waals surface area contributed by atoms with Crippen molar-refractivity contribution in [1.82, 2.24) is 20.1 Å². The zero-order valence-electron chi connectivity index (χ0n) is 12.0. The quantitative estimate of drug-likeness (QED) is 0.670. The number of amides is 1. The maximum atomic E-state index is 11.9. The lowest BCUT2D eigenvalue weighted by molar-refractivity contribution is -0.141. The van der Waals surface area contributed by atoms with Crippen LogP contribution in [0.4, 0.5) is 0 Å². The minimum atomic E-state index is -0.983. The van der Waals surface area contributed by atoms with Gasteiger partial charge in [-0.3, -0.25) is 4.79 Å². The van der Waals surface area contributed by atoms with Crippen LogP contribution in [0.15, 0.2) is 11.5 Å². The lowest BCUT2D eigenvalue weighted by atomic mass is 10.1. The molecule has 2 N–H and O–H groups in total. The van der Waals surface area contributed by atoms with E-state index in [1.165, 1.54) is 11.8 Å². The van der Waals surface area contributed by atoms with Crippen molar-refractivity contribution in [1.29, 1.82) is 0 Å². The minimum absolute atomic E-state index is 0.154. The summed E-state index contributed by atoms with van der Waals surface area (Å²) in [6, 6.07) is -0.346. The number of hydrogen-bond donors (Lipinski definition) is 2. The molecule has 1 fully saturated rings. The summed E-state index contributed by atoms with van der Waals surface area (Å²) >= 11 is 1.29. The highest BCUT2D eigenvalue weighted by Gasteiger charge is 2.26. The molecule has 0 spiro atoms. The van der Waals surface area contributed by atoms with Gasteiger partial charge in [0, 0.05) is 6.04 Å². The molecule has 0 radical (unpaired) electrons. The Labute approximate surface area is 127 Å². The van der Waals surface area contributed by atoms with Gasteiger partial charge in [0.1, 0.15) is 12.4 Å². The first-order valence-electron chi connectivity index (χ1n) is 7.16.